The van der Waals surface area contributed by atoms with Crippen LogP contribution in [0.2, 0.25) is 0 Å². The smallest absolute Gasteiger partial charge is 0.343 e. The first-order chi connectivity index (χ1) is 12.6. The predicted octanol–water partition coefficient (Wildman–Crippen LogP) is 3.18. The molecule has 3 aromatic rings. The van der Waals surface area contributed by atoms with Crippen LogP contribution >= 0.6 is 0 Å². The maximum Gasteiger partial charge on any atom is 0.343 e. The van der Waals surface area contributed by atoms with Gasteiger partial charge in [-0.2, -0.15) is 0 Å². The van der Waals surface area contributed by atoms with Crippen molar-refractivity contribution >= 4 is 16.9 Å². The molecular formula is C20H19NO5. The minimum Gasteiger partial charge on any atom is -0.497 e. The average molecular weight is 353 g/mol. The maximum atomic E-state index is 12.8. The number of rotatable bonds is 5. The van der Waals surface area contributed by atoms with Gasteiger partial charge in [-0.15, -0.1) is 0 Å². The number of hydrogen-bond acceptors (Lipinski definition) is 5. The van der Waals surface area contributed by atoms with Crippen molar-refractivity contribution in [2.75, 3.05) is 20.8 Å². The first kappa shape index (κ1) is 17.5. The molecule has 1 aromatic heterocycles. The van der Waals surface area contributed by atoms with Crippen molar-refractivity contribution in [2.24, 2.45) is 0 Å². The second-order valence-corrected chi connectivity index (χ2v) is 5.54. The number of pyridine rings is 1. The Labute approximate surface area is 150 Å². The molecule has 0 radical (unpaired) electrons. The second-order valence-electron chi connectivity index (χ2n) is 5.54. The Morgan fingerprint density at radius 3 is 2.27 bits per heavy atom. The summed E-state index contributed by atoms with van der Waals surface area (Å²) in [6.07, 6.45) is 1.51. The highest BCUT2D eigenvalue weighted by atomic mass is 16.5. The number of hydrogen-bond donors (Lipinski definition) is 0. The molecule has 0 aliphatic rings. The lowest BCUT2D eigenvalue weighted by Crippen LogP contribution is -2.20. The van der Waals surface area contributed by atoms with Gasteiger partial charge >= 0.3 is 5.97 Å². The van der Waals surface area contributed by atoms with Crippen molar-refractivity contribution in [3.8, 4) is 17.2 Å². The number of carbonyl (C=O) groups excluding carboxylic acids is 1. The van der Waals surface area contributed by atoms with E-state index >= 15 is 0 Å². The Kier molecular flexibility index (Phi) is 4.93. The predicted molar refractivity (Wildman–Crippen MR) is 98.6 cm³/mol. The fourth-order valence-corrected chi connectivity index (χ4v) is 2.75. The molecule has 0 atom stereocenters. The summed E-state index contributed by atoms with van der Waals surface area (Å²) in [5.41, 5.74) is 1.03. The molecule has 6 nitrogen and oxygen atoms in total. The molecule has 1 heterocycles. The van der Waals surface area contributed by atoms with Gasteiger partial charge in [0.2, 0.25) is 5.43 Å². The van der Waals surface area contributed by atoms with Gasteiger partial charge in [-0.25, -0.2) is 4.79 Å². The van der Waals surface area contributed by atoms with Crippen LogP contribution in [0.3, 0.4) is 0 Å². The van der Waals surface area contributed by atoms with Crippen LogP contribution in [0.1, 0.15) is 17.3 Å². The van der Waals surface area contributed by atoms with E-state index in [-0.39, 0.29) is 17.6 Å². The van der Waals surface area contributed by atoms with E-state index in [0.717, 1.165) is 5.69 Å². The number of methoxy groups -OCH3 is 2. The van der Waals surface area contributed by atoms with Crippen LogP contribution in [-0.2, 0) is 4.74 Å². The lowest BCUT2D eigenvalue weighted by Gasteiger charge is -2.14. The minimum atomic E-state index is -0.649. The molecule has 26 heavy (non-hydrogen) atoms. The normalized spacial score (nSPS) is 10.6. The highest BCUT2D eigenvalue weighted by molar-refractivity contribution is 5.94. The Morgan fingerprint density at radius 1 is 1.00 bits per heavy atom. The van der Waals surface area contributed by atoms with Gasteiger partial charge in [0.05, 0.1) is 31.7 Å². The third-order valence-corrected chi connectivity index (χ3v) is 4.06. The summed E-state index contributed by atoms with van der Waals surface area (Å²) >= 11 is 0. The number of benzene rings is 2. The third-order valence-electron chi connectivity index (χ3n) is 4.06. The van der Waals surface area contributed by atoms with E-state index in [1.54, 1.807) is 36.8 Å². The fourth-order valence-electron chi connectivity index (χ4n) is 2.75. The van der Waals surface area contributed by atoms with E-state index in [2.05, 4.69) is 0 Å². The van der Waals surface area contributed by atoms with Gasteiger partial charge in [0.25, 0.3) is 0 Å². The van der Waals surface area contributed by atoms with Crippen LogP contribution < -0.4 is 14.9 Å². The van der Waals surface area contributed by atoms with E-state index in [4.69, 9.17) is 14.2 Å². The molecule has 0 fully saturated rings. The molecule has 3 rings (SSSR count). The molecule has 2 aromatic carbocycles. The van der Waals surface area contributed by atoms with Crippen molar-refractivity contribution in [3.63, 3.8) is 0 Å². The highest BCUT2D eigenvalue weighted by Gasteiger charge is 2.17. The zero-order valence-corrected chi connectivity index (χ0v) is 14.8. The molecule has 0 saturated heterocycles. The summed E-state index contributed by atoms with van der Waals surface area (Å²) in [5, 5.41) is 0.380. The maximum absolute atomic E-state index is 12.8. The molecule has 134 valence electrons. The summed E-state index contributed by atoms with van der Waals surface area (Å²) in [5.74, 6) is 0.604. The van der Waals surface area contributed by atoms with Gasteiger partial charge in [0, 0.05) is 11.9 Å². The Balaban J connectivity index is 2.30. The van der Waals surface area contributed by atoms with Gasteiger partial charge in [-0.3, -0.25) is 4.79 Å². The standard InChI is InChI=1S/C20H19NO5/c1-4-26-20(23)17-12-21(13-5-7-14(24-2)8-6-13)18-10-9-15(25-3)11-16(18)19(17)22/h5-12H,4H2,1-3H3. The number of ether oxygens (including phenoxy) is 3. The molecule has 0 aliphatic heterocycles. The van der Waals surface area contributed by atoms with Crippen molar-refractivity contribution in [2.45, 2.75) is 6.92 Å². The van der Waals surface area contributed by atoms with Gasteiger partial charge in [-0.1, -0.05) is 0 Å². The lowest BCUT2D eigenvalue weighted by molar-refractivity contribution is 0.0524. The van der Waals surface area contributed by atoms with E-state index < -0.39 is 5.97 Å². The molecule has 0 spiro atoms. The molecule has 0 unspecified atom stereocenters. The Bertz CT molecular complexity index is 1010. The Morgan fingerprint density at radius 2 is 1.65 bits per heavy atom. The van der Waals surface area contributed by atoms with Crippen LogP contribution in [0.5, 0.6) is 11.5 Å². The summed E-state index contributed by atoms with van der Waals surface area (Å²) < 4.78 is 17.2. The van der Waals surface area contributed by atoms with Crippen LogP contribution in [0.25, 0.3) is 16.6 Å². The van der Waals surface area contributed by atoms with Crippen LogP contribution in [0.4, 0.5) is 0 Å². The van der Waals surface area contributed by atoms with Gasteiger partial charge < -0.3 is 18.8 Å². The second kappa shape index (κ2) is 7.31. The van der Waals surface area contributed by atoms with Crippen molar-refractivity contribution in [3.05, 3.63) is 64.4 Å². The number of carbonyl (C=O) groups is 1. The molecular weight excluding hydrogens is 334 g/mol. The molecule has 0 aliphatic carbocycles. The van der Waals surface area contributed by atoms with Gasteiger partial charge in [-0.05, 0) is 49.4 Å². The van der Waals surface area contributed by atoms with Crippen molar-refractivity contribution < 1.29 is 19.0 Å². The topological polar surface area (TPSA) is 66.8 Å². The van der Waals surface area contributed by atoms with Crippen LogP contribution in [0.15, 0.2) is 53.5 Å². The number of fused-ring (bicyclic) bond motifs is 1. The average Bonchev–Trinajstić information content (AvgIpc) is 2.68. The van der Waals surface area contributed by atoms with Gasteiger partial charge in [0.15, 0.2) is 0 Å². The van der Waals surface area contributed by atoms with Gasteiger partial charge in [0.1, 0.15) is 17.1 Å². The van der Waals surface area contributed by atoms with E-state index in [0.29, 0.717) is 22.4 Å². The zero-order valence-electron chi connectivity index (χ0n) is 14.8. The SMILES string of the molecule is CCOC(=O)c1cn(-c2ccc(OC)cc2)c2ccc(OC)cc2c1=O. The molecule has 0 saturated carbocycles. The summed E-state index contributed by atoms with van der Waals surface area (Å²) in [6, 6.07) is 12.5. The Hall–Kier alpha value is -3.28. The summed E-state index contributed by atoms with van der Waals surface area (Å²) in [6.45, 7) is 1.89. The van der Waals surface area contributed by atoms with E-state index in [1.807, 2.05) is 24.3 Å². The summed E-state index contributed by atoms with van der Waals surface area (Å²) in [7, 11) is 3.12. The van der Waals surface area contributed by atoms with Crippen molar-refractivity contribution in [1.82, 2.24) is 4.57 Å². The molecule has 0 N–H and O–H groups in total. The molecule has 0 amide bonds. The van der Waals surface area contributed by atoms with Crippen molar-refractivity contribution in [1.29, 1.82) is 0 Å². The van der Waals surface area contributed by atoms with E-state index in [9.17, 15) is 9.59 Å². The third kappa shape index (κ3) is 3.13. The first-order valence-corrected chi connectivity index (χ1v) is 8.14. The quantitative estimate of drug-likeness (QED) is 0.659. The summed E-state index contributed by atoms with van der Waals surface area (Å²) in [4.78, 5) is 25.1. The van der Waals surface area contributed by atoms with E-state index in [1.165, 1.54) is 13.3 Å². The number of aromatic nitrogens is 1. The number of nitrogens with zero attached hydrogens (tertiary/aromatic N) is 1. The van der Waals surface area contributed by atoms with Crippen LogP contribution in [-0.4, -0.2) is 31.4 Å². The molecule has 0 bridgehead atoms. The first-order valence-electron chi connectivity index (χ1n) is 8.14. The lowest BCUT2D eigenvalue weighted by atomic mass is 10.1. The number of esters is 1. The molecule has 6 heteroatoms. The highest BCUT2D eigenvalue weighted by Crippen LogP contribution is 2.23. The largest absolute Gasteiger partial charge is 0.497 e. The minimum absolute atomic E-state index is 0.0246. The zero-order chi connectivity index (χ0) is 18.7. The fraction of sp³-hybridized carbons (Fsp3) is 0.200. The van der Waals surface area contributed by atoms with Crippen LogP contribution in [0, 0.1) is 0 Å². The monoisotopic (exact) mass is 353 g/mol.